The molecule has 9 nitrogen and oxygen atoms in total. The molecule has 0 saturated carbocycles. The Labute approximate surface area is 122 Å². The Morgan fingerprint density at radius 3 is 2.82 bits per heavy atom. The van der Waals surface area contributed by atoms with Crippen molar-refractivity contribution in [3.8, 4) is 11.5 Å². The average molecular weight is 300 g/mol. The maximum absolute atomic E-state index is 12.0. The molecule has 1 N–H and O–H groups in total. The monoisotopic (exact) mass is 300 g/mol. The van der Waals surface area contributed by atoms with Gasteiger partial charge in [0.25, 0.3) is 5.91 Å². The number of furan rings is 1. The van der Waals surface area contributed by atoms with Gasteiger partial charge in [0.2, 0.25) is 12.3 Å². The van der Waals surface area contributed by atoms with Gasteiger partial charge in [0.05, 0.1) is 6.07 Å². The van der Waals surface area contributed by atoms with E-state index in [2.05, 4.69) is 15.5 Å². The quantitative estimate of drug-likeness (QED) is 0.579. The smallest absolute Gasteiger partial charge is 0.423 e. The summed E-state index contributed by atoms with van der Waals surface area (Å²) in [5.41, 5.74) is 1.08. The molecule has 0 unspecified atom stereocenters. The van der Waals surface area contributed by atoms with Crippen LogP contribution in [0, 0.1) is 10.1 Å². The van der Waals surface area contributed by atoms with Gasteiger partial charge in [-0.05, 0) is 24.3 Å². The normalized spacial score (nSPS) is 10.4. The molecule has 9 heteroatoms. The second-order valence-electron chi connectivity index (χ2n) is 4.17. The number of nitrogens with zero attached hydrogens (tertiary/aromatic N) is 3. The van der Waals surface area contributed by atoms with Gasteiger partial charge < -0.3 is 14.2 Å². The van der Waals surface area contributed by atoms with Crippen molar-refractivity contribution < 1.29 is 18.6 Å². The summed E-state index contributed by atoms with van der Waals surface area (Å²) in [5.74, 6) is -0.944. The Balaban J connectivity index is 1.79. The molecule has 0 atom stereocenters. The molecule has 3 rings (SSSR count). The molecule has 3 aromatic rings. The minimum atomic E-state index is -0.715. The van der Waals surface area contributed by atoms with Crippen molar-refractivity contribution >= 4 is 17.5 Å². The van der Waals surface area contributed by atoms with Gasteiger partial charge in [-0.2, -0.15) is 0 Å². The van der Waals surface area contributed by atoms with Crippen molar-refractivity contribution in [2.75, 3.05) is 5.32 Å². The van der Waals surface area contributed by atoms with Gasteiger partial charge in [0.15, 0.2) is 5.76 Å². The Morgan fingerprint density at radius 1 is 1.27 bits per heavy atom. The van der Waals surface area contributed by atoms with Gasteiger partial charge in [-0.25, -0.2) is 0 Å². The fourth-order valence-corrected chi connectivity index (χ4v) is 1.77. The highest BCUT2D eigenvalue weighted by Gasteiger charge is 2.17. The number of carbonyl (C=O) groups is 1. The second-order valence-corrected chi connectivity index (χ2v) is 4.17. The average Bonchev–Trinajstić information content (AvgIpc) is 3.19. The maximum atomic E-state index is 12.0. The van der Waals surface area contributed by atoms with E-state index in [1.807, 2.05) is 0 Å². The number of carbonyl (C=O) groups excluding carboxylic acids is 1. The Bertz CT molecular complexity index is 825. The van der Waals surface area contributed by atoms with Gasteiger partial charge in [-0.1, -0.05) is 6.07 Å². The van der Waals surface area contributed by atoms with Crippen LogP contribution in [0.1, 0.15) is 10.6 Å². The zero-order valence-corrected chi connectivity index (χ0v) is 10.9. The first-order valence-corrected chi connectivity index (χ1v) is 6.05. The summed E-state index contributed by atoms with van der Waals surface area (Å²) in [6, 6.07) is 9.05. The number of benzene rings is 1. The first-order chi connectivity index (χ1) is 10.6. The molecule has 0 aliphatic carbocycles. The fraction of sp³-hybridized carbons (Fsp3) is 0. The van der Waals surface area contributed by atoms with Crippen molar-refractivity contribution in [3.05, 3.63) is 58.7 Å². The zero-order valence-electron chi connectivity index (χ0n) is 10.9. The predicted molar refractivity (Wildman–Crippen MR) is 73.0 cm³/mol. The van der Waals surface area contributed by atoms with E-state index in [9.17, 15) is 14.9 Å². The number of aromatic nitrogens is 2. The Morgan fingerprint density at radius 2 is 2.14 bits per heavy atom. The molecule has 0 aliphatic heterocycles. The Kier molecular flexibility index (Phi) is 3.36. The molecule has 22 heavy (non-hydrogen) atoms. The van der Waals surface area contributed by atoms with Crippen molar-refractivity contribution in [1.82, 2.24) is 10.2 Å². The minimum absolute atomic E-state index is 0.158. The van der Waals surface area contributed by atoms with Crippen LogP contribution in [0.2, 0.25) is 0 Å². The molecule has 0 bridgehead atoms. The van der Waals surface area contributed by atoms with E-state index in [0.717, 1.165) is 6.07 Å². The van der Waals surface area contributed by atoms with Crippen molar-refractivity contribution in [1.29, 1.82) is 0 Å². The molecule has 110 valence electrons. The fourth-order valence-electron chi connectivity index (χ4n) is 1.77. The SMILES string of the molecule is O=C(Nc1cccc(-c2nnco2)c1)c1ccc([N+](=O)[O-])o1. The van der Waals surface area contributed by atoms with Crippen LogP contribution in [-0.2, 0) is 0 Å². The van der Waals surface area contributed by atoms with Crippen LogP contribution in [-0.4, -0.2) is 21.0 Å². The Hall–Kier alpha value is -3.49. The van der Waals surface area contributed by atoms with Crippen molar-refractivity contribution in [2.45, 2.75) is 0 Å². The van der Waals surface area contributed by atoms with Gasteiger partial charge >= 0.3 is 5.88 Å². The lowest BCUT2D eigenvalue weighted by atomic mass is 10.2. The lowest BCUT2D eigenvalue weighted by Gasteiger charge is -2.04. The van der Waals surface area contributed by atoms with E-state index in [-0.39, 0.29) is 5.76 Å². The zero-order chi connectivity index (χ0) is 15.5. The molecule has 1 amide bonds. The lowest BCUT2D eigenvalue weighted by molar-refractivity contribution is -0.402. The molecule has 0 saturated heterocycles. The number of anilines is 1. The third kappa shape index (κ3) is 2.68. The van der Waals surface area contributed by atoms with Crippen LogP contribution in [0.25, 0.3) is 11.5 Å². The van der Waals surface area contributed by atoms with E-state index in [1.54, 1.807) is 24.3 Å². The summed E-state index contributed by atoms with van der Waals surface area (Å²) in [7, 11) is 0. The third-order valence-electron chi connectivity index (χ3n) is 2.72. The number of nitro groups is 1. The molecular weight excluding hydrogens is 292 g/mol. The molecule has 1 aromatic carbocycles. The molecule has 0 spiro atoms. The third-order valence-corrected chi connectivity index (χ3v) is 2.72. The van der Waals surface area contributed by atoms with Crippen LogP contribution in [0.4, 0.5) is 11.6 Å². The summed E-state index contributed by atoms with van der Waals surface area (Å²) < 4.78 is 9.90. The summed E-state index contributed by atoms with van der Waals surface area (Å²) in [6.45, 7) is 0. The summed E-state index contributed by atoms with van der Waals surface area (Å²) in [4.78, 5) is 21.8. The standard InChI is InChI=1S/C13H8N4O5/c18-12(10-4-5-11(22-10)17(19)20)15-9-3-1-2-8(6-9)13-16-14-7-21-13/h1-7H,(H,15,18). The van der Waals surface area contributed by atoms with Gasteiger partial charge in [-0.15, -0.1) is 10.2 Å². The minimum Gasteiger partial charge on any atom is -0.423 e. The predicted octanol–water partition coefficient (Wildman–Crippen LogP) is 2.49. The van der Waals surface area contributed by atoms with E-state index in [1.165, 1.54) is 12.5 Å². The molecule has 0 aliphatic rings. The number of hydrogen-bond acceptors (Lipinski definition) is 7. The number of hydrogen-bond donors (Lipinski definition) is 1. The van der Waals surface area contributed by atoms with Gasteiger partial charge in [0.1, 0.15) is 4.92 Å². The van der Waals surface area contributed by atoms with E-state index in [4.69, 9.17) is 8.83 Å². The second kappa shape index (κ2) is 5.48. The molecule has 0 radical (unpaired) electrons. The molecular formula is C13H8N4O5. The van der Waals surface area contributed by atoms with E-state index >= 15 is 0 Å². The van der Waals surface area contributed by atoms with Gasteiger partial charge in [0, 0.05) is 11.3 Å². The van der Waals surface area contributed by atoms with E-state index < -0.39 is 16.7 Å². The highest BCUT2D eigenvalue weighted by Crippen LogP contribution is 2.22. The first kappa shape index (κ1) is 13.5. The number of rotatable bonds is 4. The topological polar surface area (TPSA) is 124 Å². The highest BCUT2D eigenvalue weighted by atomic mass is 16.6. The van der Waals surface area contributed by atoms with Crippen LogP contribution in [0.15, 0.2) is 51.6 Å². The van der Waals surface area contributed by atoms with E-state index in [0.29, 0.717) is 17.1 Å². The van der Waals surface area contributed by atoms with Crippen LogP contribution in [0.3, 0.4) is 0 Å². The first-order valence-electron chi connectivity index (χ1n) is 6.05. The van der Waals surface area contributed by atoms with Crippen molar-refractivity contribution in [3.63, 3.8) is 0 Å². The van der Waals surface area contributed by atoms with Crippen LogP contribution >= 0.6 is 0 Å². The number of amides is 1. The lowest BCUT2D eigenvalue weighted by Crippen LogP contribution is -2.10. The number of nitrogens with one attached hydrogen (secondary N) is 1. The van der Waals surface area contributed by atoms with Crippen LogP contribution < -0.4 is 5.32 Å². The summed E-state index contributed by atoms with van der Waals surface area (Å²) >= 11 is 0. The summed E-state index contributed by atoms with van der Waals surface area (Å²) in [5, 5.41) is 20.4. The molecule has 2 aromatic heterocycles. The van der Waals surface area contributed by atoms with Gasteiger partial charge in [-0.3, -0.25) is 14.9 Å². The molecule has 0 fully saturated rings. The summed E-state index contributed by atoms with van der Waals surface area (Å²) in [6.07, 6.45) is 1.20. The van der Waals surface area contributed by atoms with Crippen molar-refractivity contribution in [2.24, 2.45) is 0 Å². The largest absolute Gasteiger partial charge is 0.433 e. The van der Waals surface area contributed by atoms with Crippen LogP contribution in [0.5, 0.6) is 0 Å². The highest BCUT2D eigenvalue weighted by molar-refractivity contribution is 6.02. The molecule has 2 heterocycles. The maximum Gasteiger partial charge on any atom is 0.433 e.